The standard InChI is InChI=1S/C16H23N3O2/c17-10-12-6-1-3-7-13(12)16(21)19-14-8-4-2-5-11(14)9-15(18)20/h2,4-5,8,12-13H,1,3,6-7,9-10,17H2,(H2,18,20)(H,19,21). The number of hydrogen-bond acceptors (Lipinski definition) is 3. The Kier molecular flexibility index (Phi) is 5.33. The number of nitrogens with two attached hydrogens (primary N) is 2. The van der Waals surface area contributed by atoms with E-state index >= 15 is 0 Å². The average Bonchev–Trinajstić information content (AvgIpc) is 2.48. The van der Waals surface area contributed by atoms with Crippen molar-refractivity contribution in [1.82, 2.24) is 0 Å². The van der Waals surface area contributed by atoms with Crippen LogP contribution in [-0.2, 0) is 16.0 Å². The quantitative estimate of drug-likeness (QED) is 0.764. The van der Waals surface area contributed by atoms with Crippen molar-refractivity contribution in [2.75, 3.05) is 11.9 Å². The molecule has 1 aromatic carbocycles. The lowest BCUT2D eigenvalue weighted by Gasteiger charge is -2.29. The summed E-state index contributed by atoms with van der Waals surface area (Å²) in [6.45, 7) is 0.543. The lowest BCUT2D eigenvalue weighted by atomic mass is 9.78. The van der Waals surface area contributed by atoms with E-state index in [2.05, 4.69) is 5.32 Å². The zero-order valence-corrected chi connectivity index (χ0v) is 12.2. The Labute approximate surface area is 125 Å². The van der Waals surface area contributed by atoms with Crippen LogP contribution in [-0.4, -0.2) is 18.4 Å². The second kappa shape index (κ2) is 7.22. The van der Waals surface area contributed by atoms with Gasteiger partial charge in [0.1, 0.15) is 0 Å². The van der Waals surface area contributed by atoms with E-state index in [4.69, 9.17) is 11.5 Å². The van der Waals surface area contributed by atoms with Crippen molar-refractivity contribution < 1.29 is 9.59 Å². The van der Waals surface area contributed by atoms with Crippen molar-refractivity contribution in [3.05, 3.63) is 29.8 Å². The van der Waals surface area contributed by atoms with Gasteiger partial charge >= 0.3 is 0 Å². The summed E-state index contributed by atoms with van der Waals surface area (Å²) in [6, 6.07) is 7.27. The molecule has 2 rings (SSSR count). The SMILES string of the molecule is NCC1CCCCC1C(=O)Nc1ccccc1CC(N)=O. The van der Waals surface area contributed by atoms with E-state index < -0.39 is 5.91 Å². The van der Waals surface area contributed by atoms with E-state index in [1.807, 2.05) is 18.2 Å². The lowest BCUT2D eigenvalue weighted by Crippen LogP contribution is -2.35. The van der Waals surface area contributed by atoms with Crippen LogP contribution >= 0.6 is 0 Å². The normalized spacial score (nSPS) is 21.8. The predicted molar refractivity (Wildman–Crippen MR) is 82.5 cm³/mol. The molecule has 5 heteroatoms. The van der Waals surface area contributed by atoms with Crippen molar-refractivity contribution in [2.24, 2.45) is 23.3 Å². The van der Waals surface area contributed by atoms with Crippen LogP contribution < -0.4 is 16.8 Å². The zero-order chi connectivity index (χ0) is 15.2. The summed E-state index contributed by atoms with van der Waals surface area (Å²) >= 11 is 0. The molecule has 1 fully saturated rings. The molecule has 0 spiro atoms. The van der Waals surface area contributed by atoms with Gasteiger partial charge in [-0.2, -0.15) is 0 Å². The number of benzene rings is 1. The Morgan fingerprint density at radius 3 is 2.62 bits per heavy atom. The molecule has 2 atom stereocenters. The minimum absolute atomic E-state index is 0.00192. The molecule has 5 nitrogen and oxygen atoms in total. The molecule has 1 aliphatic rings. The first-order valence-corrected chi connectivity index (χ1v) is 7.49. The van der Waals surface area contributed by atoms with Crippen LogP contribution in [0.25, 0.3) is 0 Å². The summed E-state index contributed by atoms with van der Waals surface area (Å²) < 4.78 is 0. The number of nitrogens with one attached hydrogen (secondary N) is 1. The number of amides is 2. The fourth-order valence-corrected chi connectivity index (χ4v) is 3.04. The highest BCUT2D eigenvalue weighted by Crippen LogP contribution is 2.30. The van der Waals surface area contributed by atoms with E-state index in [1.54, 1.807) is 6.07 Å². The smallest absolute Gasteiger partial charge is 0.227 e. The molecule has 1 saturated carbocycles. The first-order chi connectivity index (χ1) is 10.1. The summed E-state index contributed by atoms with van der Waals surface area (Å²) in [6.07, 6.45) is 4.23. The van der Waals surface area contributed by atoms with Crippen molar-refractivity contribution in [3.8, 4) is 0 Å². The minimum atomic E-state index is -0.408. The second-order valence-corrected chi connectivity index (χ2v) is 5.68. The van der Waals surface area contributed by atoms with Gasteiger partial charge in [0.2, 0.25) is 11.8 Å². The fourth-order valence-electron chi connectivity index (χ4n) is 3.04. The molecular weight excluding hydrogens is 266 g/mol. The van der Waals surface area contributed by atoms with Crippen molar-refractivity contribution in [1.29, 1.82) is 0 Å². The summed E-state index contributed by atoms with van der Waals surface area (Å²) in [5.41, 5.74) is 12.4. The monoisotopic (exact) mass is 289 g/mol. The van der Waals surface area contributed by atoms with Gasteiger partial charge in [-0.05, 0) is 36.9 Å². The highest BCUT2D eigenvalue weighted by Gasteiger charge is 2.30. The summed E-state index contributed by atoms with van der Waals surface area (Å²) in [5, 5.41) is 2.95. The predicted octanol–water partition coefficient (Wildman–Crippen LogP) is 1.42. The van der Waals surface area contributed by atoms with Crippen molar-refractivity contribution in [3.63, 3.8) is 0 Å². The maximum Gasteiger partial charge on any atom is 0.227 e. The Hall–Kier alpha value is -1.88. The number of para-hydroxylation sites is 1. The largest absolute Gasteiger partial charge is 0.369 e. The van der Waals surface area contributed by atoms with Crippen LogP contribution in [0.5, 0.6) is 0 Å². The van der Waals surface area contributed by atoms with Gasteiger partial charge in [-0.15, -0.1) is 0 Å². The summed E-state index contributed by atoms with van der Waals surface area (Å²) in [5.74, 6) is -0.191. The Balaban J connectivity index is 2.10. The molecule has 1 aliphatic carbocycles. The molecule has 0 saturated heterocycles. The topological polar surface area (TPSA) is 98.2 Å². The first kappa shape index (κ1) is 15.5. The Bertz CT molecular complexity index is 516. The molecule has 21 heavy (non-hydrogen) atoms. The molecule has 114 valence electrons. The third-order valence-electron chi connectivity index (χ3n) is 4.19. The van der Waals surface area contributed by atoms with Gasteiger partial charge in [-0.1, -0.05) is 31.0 Å². The van der Waals surface area contributed by atoms with Gasteiger partial charge in [-0.25, -0.2) is 0 Å². The van der Waals surface area contributed by atoms with Crippen LogP contribution in [0.1, 0.15) is 31.2 Å². The van der Waals surface area contributed by atoms with Gasteiger partial charge in [0.05, 0.1) is 6.42 Å². The third-order valence-corrected chi connectivity index (χ3v) is 4.19. The molecular formula is C16H23N3O2. The summed E-state index contributed by atoms with van der Waals surface area (Å²) in [7, 11) is 0. The average molecular weight is 289 g/mol. The zero-order valence-electron chi connectivity index (χ0n) is 12.2. The van der Waals surface area contributed by atoms with E-state index in [0.29, 0.717) is 12.2 Å². The number of hydrogen-bond donors (Lipinski definition) is 3. The fraction of sp³-hybridized carbons (Fsp3) is 0.500. The molecule has 0 aromatic heterocycles. The first-order valence-electron chi connectivity index (χ1n) is 7.49. The highest BCUT2D eigenvalue weighted by molar-refractivity contribution is 5.94. The molecule has 2 amide bonds. The molecule has 1 aromatic rings. The Morgan fingerprint density at radius 1 is 1.19 bits per heavy atom. The van der Waals surface area contributed by atoms with E-state index in [9.17, 15) is 9.59 Å². The maximum atomic E-state index is 12.5. The second-order valence-electron chi connectivity index (χ2n) is 5.68. The Morgan fingerprint density at radius 2 is 1.90 bits per heavy atom. The number of anilines is 1. The van der Waals surface area contributed by atoms with Gasteiger partial charge in [0, 0.05) is 11.6 Å². The molecule has 0 heterocycles. The third kappa shape index (κ3) is 4.04. The van der Waals surface area contributed by atoms with Crippen molar-refractivity contribution >= 4 is 17.5 Å². The van der Waals surface area contributed by atoms with Crippen LogP contribution in [0.3, 0.4) is 0 Å². The number of rotatable bonds is 5. The molecule has 5 N–H and O–H groups in total. The molecule has 0 radical (unpaired) electrons. The lowest BCUT2D eigenvalue weighted by molar-refractivity contribution is -0.122. The number of carbonyl (C=O) groups excluding carboxylic acids is 2. The van der Waals surface area contributed by atoms with Crippen LogP contribution in [0.2, 0.25) is 0 Å². The molecule has 0 aliphatic heterocycles. The van der Waals surface area contributed by atoms with Gasteiger partial charge in [-0.3, -0.25) is 9.59 Å². The van der Waals surface area contributed by atoms with Crippen molar-refractivity contribution in [2.45, 2.75) is 32.1 Å². The summed E-state index contributed by atoms with van der Waals surface area (Å²) in [4.78, 5) is 23.6. The van der Waals surface area contributed by atoms with Gasteiger partial charge < -0.3 is 16.8 Å². The number of primary amides is 1. The van der Waals surface area contributed by atoms with Gasteiger partial charge in [0.25, 0.3) is 0 Å². The maximum absolute atomic E-state index is 12.5. The van der Waals surface area contributed by atoms with E-state index in [-0.39, 0.29) is 24.2 Å². The molecule has 0 bridgehead atoms. The van der Waals surface area contributed by atoms with Crippen LogP contribution in [0, 0.1) is 11.8 Å². The number of carbonyl (C=O) groups is 2. The van der Waals surface area contributed by atoms with Gasteiger partial charge in [0.15, 0.2) is 0 Å². The minimum Gasteiger partial charge on any atom is -0.369 e. The van der Waals surface area contributed by atoms with Crippen LogP contribution in [0.4, 0.5) is 5.69 Å². The van der Waals surface area contributed by atoms with E-state index in [1.165, 1.54) is 0 Å². The molecule has 2 unspecified atom stereocenters. The van der Waals surface area contributed by atoms with E-state index in [0.717, 1.165) is 31.2 Å². The van der Waals surface area contributed by atoms with Crippen LogP contribution in [0.15, 0.2) is 24.3 Å². The highest BCUT2D eigenvalue weighted by atomic mass is 16.2.